The second-order valence-corrected chi connectivity index (χ2v) is 11.1. The molecular weight excluding hydrogens is 468 g/mol. The standard InChI is InChI=1S/C22H24N2O7S2/c1-4-24(18-10-6-5-7-11-18)32(26,27)20-12-8-9-17(15-20)22(25)30-16-19-13-14-21(31-19)33(28,29)23(2)3/h5-15H,4,16H2,1-3H3. The molecule has 0 bridgehead atoms. The van der Waals surface area contributed by atoms with Crippen LogP contribution in [0.5, 0.6) is 0 Å². The SMILES string of the molecule is CCN(c1ccccc1)S(=O)(=O)c1cccc(C(=O)OCc2ccc(S(=O)(=O)N(C)C)o2)c1. The molecule has 0 spiro atoms. The van der Waals surface area contributed by atoms with Crippen LogP contribution in [0.15, 0.2) is 81.1 Å². The van der Waals surface area contributed by atoms with Gasteiger partial charge >= 0.3 is 5.97 Å². The van der Waals surface area contributed by atoms with Crippen molar-refractivity contribution in [1.29, 1.82) is 0 Å². The zero-order valence-corrected chi connectivity index (χ0v) is 20.0. The Morgan fingerprint density at radius 3 is 2.24 bits per heavy atom. The lowest BCUT2D eigenvalue weighted by Crippen LogP contribution is -2.30. The first-order valence-electron chi connectivity index (χ1n) is 9.93. The molecule has 176 valence electrons. The summed E-state index contributed by atoms with van der Waals surface area (Å²) in [5, 5.41) is -0.271. The molecule has 0 aliphatic heterocycles. The quantitative estimate of drug-likeness (QED) is 0.422. The van der Waals surface area contributed by atoms with Crippen LogP contribution in [0.3, 0.4) is 0 Å². The Morgan fingerprint density at radius 1 is 0.909 bits per heavy atom. The highest BCUT2D eigenvalue weighted by Gasteiger charge is 2.25. The second-order valence-electron chi connectivity index (χ2n) is 7.12. The predicted molar refractivity (Wildman–Crippen MR) is 122 cm³/mol. The molecule has 9 nitrogen and oxygen atoms in total. The molecule has 0 radical (unpaired) electrons. The Labute approximate surface area is 193 Å². The molecule has 0 atom stereocenters. The monoisotopic (exact) mass is 492 g/mol. The summed E-state index contributed by atoms with van der Waals surface area (Å²) in [6.07, 6.45) is 0. The Bertz CT molecular complexity index is 1330. The Balaban J connectivity index is 1.77. The summed E-state index contributed by atoms with van der Waals surface area (Å²) >= 11 is 0. The number of para-hydroxylation sites is 1. The Morgan fingerprint density at radius 2 is 1.61 bits per heavy atom. The molecule has 0 aliphatic carbocycles. The third-order valence-electron chi connectivity index (χ3n) is 4.71. The minimum atomic E-state index is -3.91. The van der Waals surface area contributed by atoms with E-state index in [9.17, 15) is 21.6 Å². The van der Waals surface area contributed by atoms with Crippen molar-refractivity contribution in [2.24, 2.45) is 0 Å². The predicted octanol–water partition coefficient (Wildman–Crippen LogP) is 3.10. The number of esters is 1. The molecule has 1 heterocycles. The number of carbonyl (C=O) groups excluding carboxylic acids is 1. The van der Waals surface area contributed by atoms with E-state index in [1.165, 1.54) is 54.8 Å². The van der Waals surface area contributed by atoms with Gasteiger partial charge in [-0.2, -0.15) is 0 Å². The van der Waals surface area contributed by atoms with Crippen molar-refractivity contribution in [1.82, 2.24) is 4.31 Å². The van der Waals surface area contributed by atoms with Crippen LogP contribution in [0.1, 0.15) is 23.0 Å². The van der Waals surface area contributed by atoms with Crippen LogP contribution >= 0.6 is 0 Å². The average molecular weight is 493 g/mol. The molecule has 0 amide bonds. The number of benzene rings is 2. The molecule has 0 fully saturated rings. The zero-order chi connectivity index (χ0) is 24.2. The van der Waals surface area contributed by atoms with Gasteiger partial charge in [-0.3, -0.25) is 4.31 Å². The van der Waals surface area contributed by atoms with Crippen LogP contribution in [0.4, 0.5) is 5.69 Å². The highest BCUT2D eigenvalue weighted by atomic mass is 32.2. The maximum atomic E-state index is 13.2. The number of sulfonamides is 2. The van der Waals surface area contributed by atoms with Crippen molar-refractivity contribution in [2.75, 3.05) is 24.9 Å². The summed E-state index contributed by atoms with van der Waals surface area (Å²) in [4.78, 5) is 12.5. The lowest BCUT2D eigenvalue weighted by atomic mass is 10.2. The topological polar surface area (TPSA) is 114 Å². The van der Waals surface area contributed by atoms with Gasteiger partial charge in [0.25, 0.3) is 20.0 Å². The third-order valence-corrected chi connectivity index (χ3v) is 8.29. The first-order chi connectivity index (χ1) is 15.6. The van der Waals surface area contributed by atoms with Gasteiger partial charge in [0.2, 0.25) is 5.09 Å². The van der Waals surface area contributed by atoms with E-state index in [1.807, 2.05) is 0 Å². The molecule has 2 aromatic carbocycles. The summed E-state index contributed by atoms with van der Waals surface area (Å²) < 4.78 is 63.2. The number of hydrogen-bond acceptors (Lipinski definition) is 7. The van der Waals surface area contributed by atoms with Gasteiger partial charge in [-0.25, -0.2) is 25.9 Å². The molecule has 0 saturated heterocycles. The van der Waals surface area contributed by atoms with Gasteiger partial charge in [0, 0.05) is 20.6 Å². The fourth-order valence-electron chi connectivity index (χ4n) is 2.97. The fourth-order valence-corrected chi connectivity index (χ4v) is 5.30. The van der Waals surface area contributed by atoms with Crippen LogP contribution in [-0.2, 0) is 31.4 Å². The molecule has 1 aromatic heterocycles. The largest absolute Gasteiger partial charge is 0.454 e. The van der Waals surface area contributed by atoms with Crippen molar-refractivity contribution in [2.45, 2.75) is 23.5 Å². The lowest BCUT2D eigenvalue weighted by molar-refractivity contribution is 0.0440. The number of hydrogen-bond donors (Lipinski definition) is 0. The van der Waals surface area contributed by atoms with Crippen LogP contribution in [0.25, 0.3) is 0 Å². The smallest absolute Gasteiger partial charge is 0.338 e. The molecule has 0 unspecified atom stereocenters. The van der Waals surface area contributed by atoms with E-state index in [-0.39, 0.29) is 34.5 Å². The summed E-state index contributed by atoms with van der Waals surface area (Å²) in [6, 6.07) is 16.9. The van der Waals surface area contributed by atoms with Gasteiger partial charge in [-0.15, -0.1) is 0 Å². The normalized spacial score (nSPS) is 12.0. The summed E-state index contributed by atoms with van der Waals surface area (Å²) in [6.45, 7) is 1.61. The van der Waals surface area contributed by atoms with E-state index in [0.29, 0.717) is 5.69 Å². The molecule has 3 aromatic rings. The summed E-state index contributed by atoms with van der Waals surface area (Å²) in [5.74, 6) is -0.642. The molecular formula is C22H24N2O7S2. The molecule has 3 rings (SSSR count). The second kappa shape index (κ2) is 9.77. The highest BCUT2D eigenvalue weighted by molar-refractivity contribution is 7.92. The van der Waals surface area contributed by atoms with E-state index >= 15 is 0 Å². The first-order valence-corrected chi connectivity index (χ1v) is 12.8. The summed E-state index contributed by atoms with van der Waals surface area (Å²) in [7, 11) is -4.92. The van der Waals surface area contributed by atoms with Crippen LogP contribution in [0, 0.1) is 0 Å². The van der Waals surface area contributed by atoms with Gasteiger partial charge in [0.1, 0.15) is 12.4 Å². The van der Waals surface area contributed by atoms with E-state index in [0.717, 1.165) is 4.31 Å². The summed E-state index contributed by atoms with van der Waals surface area (Å²) in [5.41, 5.74) is 0.544. The maximum absolute atomic E-state index is 13.2. The number of rotatable bonds is 9. The van der Waals surface area contributed by atoms with Crippen molar-refractivity contribution in [3.8, 4) is 0 Å². The maximum Gasteiger partial charge on any atom is 0.338 e. The van der Waals surface area contributed by atoms with Crippen LogP contribution < -0.4 is 4.31 Å². The van der Waals surface area contributed by atoms with Crippen LogP contribution in [-0.4, -0.2) is 47.8 Å². The third kappa shape index (κ3) is 5.27. The van der Waals surface area contributed by atoms with Gasteiger partial charge in [-0.05, 0) is 49.4 Å². The van der Waals surface area contributed by atoms with E-state index in [1.54, 1.807) is 37.3 Å². The van der Waals surface area contributed by atoms with Gasteiger partial charge < -0.3 is 9.15 Å². The van der Waals surface area contributed by atoms with E-state index in [4.69, 9.17) is 9.15 Å². The first kappa shape index (κ1) is 24.5. The molecule has 0 saturated carbocycles. The number of carbonyl (C=O) groups is 1. The minimum Gasteiger partial charge on any atom is -0.454 e. The molecule has 0 aliphatic rings. The van der Waals surface area contributed by atoms with Crippen LogP contribution in [0.2, 0.25) is 0 Å². The van der Waals surface area contributed by atoms with Crippen molar-refractivity contribution >= 4 is 31.7 Å². The minimum absolute atomic E-state index is 0.0351. The van der Waals surface area contributed by atoms with Gasteiger partial charge in [-0.1, -0.05) is 24.3 Å². The van der Waals surface area contributed by atoms with Gasteiger partial charge in [0.05, 0.1) is 16.1 Å². The number of ether oxygens (including phenoxy) is 1. The number of furan rings is 1. The molecule has 33 heavy (non-hydrogen) atoms. The zero-order valence-electron chi connectivity index (χ0n) is 18.3. The van der Waals surface area contributed by atoms with Crippen molar-refractivity contribution < 1.29 is 30.8 Å². The van der Waals surface area contributed by atoms with E-state index in [2.05, 4.69) is 0 Å². The lowest BCUT2D eigenvalue weighted by Gasteiger charge is -2.23. The number of nitrogens with zero attached hydrogens (tertiary/aromatic N) is 2. The van der Waals surface area contributed by atoms with Crippen molar-refractivity contribution in [3.05, 3.63) is 78.1 Å². The highest BCUT2D eigenvalue weighted by Crippen LogP contribution is 2.24. The molecule has 11 heteroatoms. The molecule has 0 N–H and O–H groups in total. The Hall–Kier alpha value is -3.15. The fraction of sp³-hybridized carbons (Fsp3) is 0.227. The van der Waals surface area contributed by atoms with E-state index < -0.39 is 26.0 Å². The van der Waals surface area contributed by atoms with Crippen molar-refractivity contribution in [3.63, 3.8) is 0 Å². The average Bonchev–Trinajstić information content (AvgIpc) is 3.28. The number of anilines is 1. The Kier molecular flexibility index (Phi) is 7.25. The van der Waals surface area contributed by atoms with Gasteiger partial charge in [0.15, 0.2) is 0 Å².